The molecule has 0 saturated carbocycles. The van der Waals surface area contributed by atoms with Gasteiger partial charge >= 0.3 is 0 Å². The Bertz CT molecular complexity index is 220. The summed E-state index contributed by atoms with van der Waals surface area (Å²) in [5.74, 6) is 0. The molecular formula is C13H19. The second-order valence-corrected chi connectivity index (χ2v) is 3.65. The molecule has 0 unspecified atom stereocenters. The number of benzene rings is 1. The minimum Gasteiger partial charge on any atom is -0.0591 e. The SMILES string of the molecule is [CH2]CCCCCc1ccc(C)cc1. The monoisotopic (exact) mass is 175 g/mol. The molecule has 1 radical (unpaired) electrons. The van der Waals surface area contributed by atoms with Crippen molar-refractivity contribution in [3.05, 3.63) is 42.3 Å². The molecule has 0 aliphatic heterocycles. The summed E-state index contributed by atoms with van der Waals surface area (Å²) >= 11 is 0. The van der Waals surface area contributed by atoms with Gasteiger partial charge < -0.3 is 0 Å². The van der Waals surface area contributed by atoms with Crippen LogP contribution in [0.1, 0.15) is 36.8 Å². The minimum atomic E-state index is 1.08. The van der Waals surface area contributed by atoms with Crippen LogP contribution in [0, 0.1) is 13.8 Å². The quantitative estimate of drug-likeness (QED) is 0.595. The van der Waals surface area contributed by atoms with Gasteiger partial charge in [-0.1, -0.05) is 56.0 Å². The summed E-state index contributed by atoms with van der Waals surface area (Å²) in [6.07, 6.45) is 6.19. The standard InChI is InChI=1S/C13H19/c1-3-4-5-6-7-13-10-8-12(2)9-11-13/h8-11H,1,3-7H2,2H3. The fourth-order valence-electron chi connectivity index (χ4n) is 1.44. The van der Waals surface area contributed by atoms with Crippen LogP contribution in [-0.2, 0) is 6.42 Å². The van der Waals surface area contributed by atoms with E-state index in [1.807, 2.05) is 0 Å². The van der Waals surface area contributed by atoms with E-state index < -0.39 is 0 Å². The first-order valence-electron chi connectivity index (χ1n) is 5.17. The Hall–Kier alpha value is -0.780. The number of unbranched alkanes of at least 4 members (excludes halogenated alkanes) is 3. The summed E-state index contributed by atoms with van der Waals surface area (Å²) in [5.41, 5.74) is 2.82. The van der Waals surface area contributed by atoms with Crippen molar-refractivity contribution >= 4 is 0 Å². The third kappa shape index (κ3) is 4.12. The third-order valence-corrected chi connectivity index (χ3v) is 2.34. The molecule has 0 heteroatoms. The Labute approximate surface area is 82.0 Å². The van der Waals surface area contributed by atoms with Gasteiger partial charge in [-0.3, -0.25) is 0 Å². The lowest BCUT2D eigenvalue weighted by atomic mass is 10.1. The van der Waals surface area contributed by atoms with Crippen molar-refractivity contribution in [1.29, 1.82) is 0 Å². The van der Waals surface area contributed by atoms with Gasteiger partial charge in [-0.2, -0.15) is 0 Å². The van der Waals surface area contributed by atoms with Gasteiger partial charge in [-0.05, 0) is 25.3 Å². The van der Waals surface area contributed by atoms with E-state index >= 15 is 0 Å². The summed E-state index contributed by atoms with van der Waals surface area (Å²) in [7, 11) is 0. The molecule has 0 aliphatic rings. The lowest BCUT2D eigenvalue weighted by molar-refractivity contribution is 0.686. The molecule has 0 aromatic heterocycles. The molecule has 0 N–H and O–H groups in total. The number of aryl methyl sites for hydroxylation is 2. The van der Waals surface area contributed by atoms with Crippen LogP contribution in [0.2, 0.25) is 0 Å². The first kappa shape index (κ1) is 10.3. The van der Waals surface area contributed by atoms with E-state index in [-0.39, 0.29) is 0 Å². The first-order valence-corrected chi connectivity index (χ1v) is 5.17. The van der Waals surface area contributed by atoms with Crippen LogP contribution >= 0.6 is 0 Å². The van der Waals surface area contributed by atoms with E-state index in [0.29, 0.717) is 0 Å². The fourth-order valence-corrected chi connectivity index (χ4v) is 1.44. The Morgan fingerprint density at radius 2 is 1.69 bits per heavy atom. The van der Waals surface area contributed by atoms with E-state index in [1.165, 1.54) is 36.8 Å². The van der Waals surface area contributed by atoms with E-state index in [9.17, 15) is 0 Å². The molecule has 71 valence electrons. The molecule has 0 aliphatic carbocycles. The van der Waals surface area contributed by atoms with Gasteiger partial charge in [0, 0.05) is 0 Å². The maximum absolute atomic E-state index is 3.84. The average molecular weight is 175 g/mol. The Balaban J connectivity index is 2.25. The van der Waals surface area contributed by atoms with Gasteiger partial charge in [0.25, 0.3) is 0 Å². The maximum atomic E-state index is 3.84. The second-order valence-electron chi connectivity index (χ2n) is 3.65. The van der Waals surface area contributed by atoms with Gasteiger partial charge in [-0.15, -0.1) is 0 Å². The zero-order chi connectivity index (χ0) is 9.52. The Morgan fingerprint density at radius 1 is 1.00 bits per heavy atom. The highest BCUT2D eigenvalue weighted by Crippen LogP contribution is 2.08. The van der Waals surface area contributed by atoms with Gasteiger partial charge in [0.05, 0.1) is 0 Å². The maximum Gasteiger partial charge on any atom is -0.0279 e. The van der Waals surface area contributed by atoms with Crippen LogP contribution in [0.5, 0.6) is 0 Å². The van der Waals surface area contributed by atoms with Crippen molar-refractivity contribution in [2.45, 2.75) is 39.0 Å². The smallest absolute Gasteiger partial charge is 0.0279 e. The van der Waals surface area contributed by atoms with Crippen molar-refractivity contribution < 1.29 is 0 Å². The van der Waals surface area contributed by atoms with Crippen LogP contribution in [0.25, 0.3) is 0 Å². The summed E-state index contributed by atoms with van der Waals surface area (Å²) in [4.78, 5) is 0. The number of hydrogen-bond acceptors (Lipinski definition) is 0. The van der Waals surface area contributed by atoms with Gasteiger partial charge in [0.1, 0.15) is 0 Å². The van der Waals surface area contributed by atoms with Crippen LogP contribution in [0.15, 0.2) is 24.3 Å². The molecule has 0 saturated heterocycles. The highest BCUT2D eigenvalue weighted by molar-refractivity contribution is 5.21. The molecule has 0 atom stereocenters. The highest BCUT2D eigenvalue weighted by Gasteiger charge is 1.92. The molecule has 0 spiro atoms. The number of rotatable bonds is 5. The molecule has 13 heavy (non-hydrogen) atoms. The minimum absolute atomic E-state index is 1.08. The lowest BCUT2D eigenvalue weighted by Gasteiger charge is -2.01. The lowest BCUT2D eigenvalue weighted by Crippen LogP contribution is -1.85. The van der Waals surface area contributed by atoms with E-state index in [4.69, 9.17) is 0 Å². The fraction of sp³-hybridized carbons (Fsp3) is 0.462. The largest absolute Gasteiger partial charge is 0.0591 e. The van der Waals surface area contributed by atoms with Crippen molar-refractivity contribution in [3.8, 4) is 0 Å². The molecular weight excluding hydrogens is 156 g/mol. The molecule has 1 aromatic rings. The number of hydrogen-bond donors (Lipinski definition) is 0. The highest BCUT2D eigenvalue weighted by atomic mass is 14.0. The molecule has 0 heterocycles. The predicted octanol–water partition coefficient (Wildman–Crippen LogP) is 3.93. The van der Waals surface area contributed by atoms with E-state index in [0.717, 1.165) is 6.42 Å². The molecule has 1 rings (SSSR count). The summed E-state index contributed by atoms with van der Waals surface area (Å²) in [6, 6.07) is 8.85. The van der Waals surface area contributed by atoms with Crippen molar-refractivity contribution in [2.24, 2.45) is 0 Å². The molecule has 0 fully saturated rings. The normalized spacial score (nSPS) is 10.3. The van der Waals surface area contributed by atoms with Crippen molar-refractivity contribution in [3.63, 3.8) is 0 Å². The second kappa shape index (κ2) is 5.80. The van der Waals surface area contributed by atoms with Crippen LogP contribution in [-0.4, -0.2) is 0 Å². The van der Waals surface area contributed by atoms with Crippen LogP contribution in [0.3, 0.4) is 0 Å². The molecule has 1 aromatic carbocycles. The summed E-state index contributed by atoms with van der Waals surface area (Å²) in [6.45, 7) is 5.97. The van der Waals surface area contributed by atoms with Crippen molar-refractivity contribution in [2.75, 3.05) is 0 Å². The average Bonchev–Trinajstić information content (AvgIpc) is 2.15. The third-order valence-electron chi connectivity index (χ3n) is 2.34. The zero-order valence-electron chi connectivity index (χ0n) is 8.55. The van der Waals surface area contributed by atoms with Gasteiger partial charge in [-0.25, -0.2) is 0 Å². The Morgan fingerprint density at radius 3 is 2.31 bits per heavy atom. The van der Waals surface area contributed by atoms with Crippen LogP contribution < -0.4 is 0 Å². The van der Waals surface area contributed by atoms with Gasteiger partial charge in [0.15, 0.2) is 0 Å². The summed E-state index contributed by atoms with van der Waals surface area (Å²) in [5, 5.41) is 0. The topological polar surface area (TPSA) is 0 Å². The van der Waals surface area contributed by atoms with E-state index in [1.54, 1.807) is 0 Å². The van der Waals surface area contributed by atoms with Gasteiger partial charge in [0.2, 0.25) is 0 Å². The predicted molar refractivity (Wildman–Crippen MR) is 58.7 cm³/mol. The summed E-state index contributed by atoms with van der Waals surface area (Å²) < 4.78 is 0. The van der Waals surface area contributed by atoms with Crippen molar-refractivity contribution in [1.82, 2.24) is 0 Å². The van der Waals surface area contributed by atoms with E-state index in [2.05, 4.69) is 38.1 Å². The first-order chi connectivity index (χ1) is 6.33. The molecule has 0 nitrogen and oxygen atoms in total. The molecule has 0 amide bonds. The zero-order valence-corrected chi connectivity index (χ0v) is 8.55. The molecule has 0 bridgehead atoms. The van der Waals surface area contributed by atoms with Crippen LogP contribution in [0.4, 0.5) is 0 Å². The Kier molecular flexibility index (Phi) is 4.59.